The lowest BCUT2D eigenvalue weighted by atomic mass is 9.75. The van der Waals surface area contributed by atoms with Crippen LogP contribution in [0.25, 0.3) is 0 Å². The minimum absolute atomic E-state index is 0.178. The average molecular weight is 242 g/mol. The number of ether oxygens (including phenoxy) is 1. The molecular formula is C14H30N2O. The fraction of sp³-hybridized carbons (Fsp3) is 1.00. The van der Waals surface area contributed by atoms with Crippen molar-refractivity contribution in [3.05, 3.63) is 0 Å². The summed E-state index contributed by atoms with van der Waals surface area (Å²) in [4.78, 5) is 0. The van der Waals surface area contributed by atoms with Crippen LogP contribution in [0, 0.1) is 5.92 Å². The number of rotatable bonds is 7. The van der Waals surface area contributed by atoms with Crippen LogP contribution in [0.4, 0.5) is 0 Å². The number of hydrogen-bond donors (Lipinski definition) is 2. The molecule has 1 fully saturated rings. The van der Waals surface area contributed by atoms with Crippen molar-refractivity contribution in [2.75, 3.05) is 20.2 Å². The van der Waals surface area contributed by atoms with Crippen LogP contribution in [0.15, 0.2) is 0 Å². The van der Waals surface area contributed by atoms with Crippen LogP contribution in [0.2, 0.25) is 0 Å². The standard InChI is InChI=1S/C14H30N2O/c1-4-5-13-6-8-14(11-15,9-7-13)16-10-12(2)17-3/h12-13,16H,4-11,15H2,1-3H3. The number of hydrogen-bond acceptors (Lipinski definition) is 3. The molecule has 0 aromatic carbocycles. The van der Waals surface area contributed by atoms with Crippen LogP contribution in [-0.2, 0) is 4.74 Å². The van der Waals surface area contributed by atoms with Crippen LogP contribution in [0.1, 0.15) is 52.4 Å². The van der Waals surface area contributed by atoms with Crippen molar-refractivity contribution in [2.45, 2.75) is 64.0 Å². The van der Waals surface area contributed by atoms with Crippen LogP contribution in [0.5, 0.6) is 0 Å². The zero-order valence-corrected chi connectivity index (χ0v) is 11.8. The summed E-state index contributed by atoms with van der Waals surface area (Å²) >= 11 is 0. The molecule has 0 bridgehead atoms. The Hall–Kier alpha value is -0.120. The van der Waals surface area contributed by atoms with Crippen molar-refractivity contribution in [3.63, 3.8) is 0 Å². The first-order chi connectivity index (χ1) is 8.15. The Bertz CT molecular complexity index is 200. The van der Waals surface area contributed by atoms with Crippen LogP contribution in [0.3, 0.4) is 0 Å². The van der Waals surface area contributed by atoms with E-state index in [1.807, 2.05) is 0 Å². The highest BCUT2D eigenvalue weighted by atomic mass is 16.5. The first-order valence-electron chi connectivity index (χ1n) is 7.13. The molecule has 1 aliphatic rings. The smallest absolute Gasteiger partial charge is 0.0667 e. The molecule has 0 spiro atoms. The molecule has 1 unspecified atom stereocenters. The molecule has 1 rings (SSSR count). The summed E-state index contributed by atoms with van der Waals surface area (Å²) in [6, 6.07) is 0. The Labute approximate surface area is 106 Å². The Morgan fingerprint density at radius 2 is 2.06 bits per heavy atom. The predicted molar refractivity (Wildman–Crippen MR) is 73.1 cm³/mol. The summed E-state index contributed by atoms with van der Waals surface area (Å²) < 4.78 is 5.29. The van der Waals surface area contributed by atoms with Crippen molar-refractivity contribution in [2.24, 2.45) is 11.7 Å². The highest BCUT2D eigenvalue weighted by molar-refractivity contribution is 4.94. The van der Waals surface area contributed by atoms with E-state index in [1.54, 1.807) is 7.11 Å². The van der Waals surface area contributed by atoms with E-state index < -0.39 is 0 Å². The summed E-state index contributed by atoms with van der Waals surface area (Å²) in [5.74, 6) is 0.932. The van der Waals surface area contributed by atoms with Gasteiger partial charge in [0.05, 0.1) is 6.10 Å². The fourth-order valence-electron chi connectivity index (χ4n) is 2.82. The van der Waals surface area contributed by atoms with Crippen molar-refractivity contribution in [1.82, 2.24) is 5.32 Å². The predicted octanol–water partition coefficient (Wildman–Crippen LogP) is 2.30. The van der Waals surface area contributed by atoms with Crippen molar-refractivity contribution in [1.29, 1.82) is 0 Å². The van der Waals surface area contributed by atoms with Gasteiger partial charge in [-0.05, 0) is 38.5 Å². The lowest BCUT2D eigenvalue weighted by molar-refractivity contribution is 0.0962. The van der Waals surface area contributed by atoms with Gasteiger partial charge in [-0.3, -0.25) is 0 Å². The van der Waals surface area contributed by atoms with Gasteiger partial charge in [0, 0.05) is 25.7 Å². The third-order valence-corrected chi connectivity index (χ3v) is 4.32. The lowest BCUT2D eigenvalue weighted by Crippen LogP contribution is -2.55. The molecule has 3 heteroatoms. The van der Waals surface area contributed by atoms with Gasteiger partial charge in [-0.2, -0.15) is 0 Å². The van der Waals surface area contributed by atoms with E-state index in [0.29, 0.717) is 0 Å². The van der Waals surface area contributed by atoms with Crippen molar-refractivity contribution >= 4 is 0 Å². The van der Waals surface area contributed by atoms with E-state index in [0.717, 1.165) is 19.0 Å². The Morgan fingerprint density at radius 3 is 2.53 bits per heavy atom. The lowest BCUT2D eigenvalue weighted by Gasteiger charge is -2.41. The maximum absolute atomic E-state index is 5.98. The normalized spacial score (nSPS) is 31.4. The minimum atomic E-state index is 0.178. The van der Waals surface area contributed by atoms with Crippen molar-refractivity contribution < 1.29 is 4.74 Å². The second-order valence-corrected chi connectivity index (χ2v) is 5.64. The Morgan fingerprint density at radius 1 is 1.41 bits per heavy atom. The third-order valence-electron chi connectivity index (χ3n) is 4.32. The van der Waals surface area contributed by atoms with Gasteiger partial charge in [-0.15, -0.1) is 0 Å². The maximum Gasteiger partial charge on any atom is 0.0667 e. The molecule has 17 heavy (non-hydrogen) atoms. The molecule has 0 aromatic rings. The highest BCUT2D eigenvalue weighted by Gasteiger charge is 2.33. The molecule has 0 aromatic heterocycles. The van der Waals surface area contributed by atoms with Gasteiger partial charge in [0.2, 0.25) is 0 Å². The van der Waals surface area contributed by atoms with E-state index in [1.165, 1.54) is 38.5 Å². The van der Waals surface area contributed by atoms with Gasteiger partial charge in [-0.1, -0.05) is 19.8 Å². The SMILES string of the molecule is CCCC1CCC(CN)(NCC(C)OC)CC1. The molecule has 3 N–H and O–H groups in total. The third kappa shape index (κ3) is 4.57. The maximum atomic E-state index is 5.98. The van der Waals surface area contributed by atoms with E-state index in [2.05, 4.69) is 19.2 Å². The van der Waals surface area contributed by atoms with E-state index in [4.69, 9.17) is 10.5 Å². The zero-order valence-electron chi connectivity index (χ0n) is 11.8. The molecule has 0 amide bonds. The topological polar surface area (TPSA) is 47.3 Å². The van der Waals surface area contributed by atoms with Gasteiger partial charge in [0.1, 0.15) is 0 Å². The molecule has 1 saturated carbocycles. The van der Waals surface area contributed by atoms with Crippen molar-refractivity contribution in [3.8, 4) is 0 Å². The van der Waals surface area contributed by atoms with Gasteiger partial charge < -0.3 is 15.8 Å². The molecule has 0 heterocycles. The summed E-state index contributed by atoms with van der Waals surface area (Å²) in [5.41, 5.74) is 6.16. The summed E-state index contributed by atoms with van der Waals surface area (Å²) in [7, 11) is 1.76. The van der Waals surface area contributed by atoms with Gasteiger partial charge >= 0.3 is 0 Å². The molecule has 0 saturated heterocycles. The quantitative estimate of drug-likeness (QED) is 0.720. The first kappa shape index (κ1) is 14.9. The highest BCUT2D eigenvalue weighted by Crippen LogP contribution is 2.33. The van der Waals surface area contributed by atoms with E-state index in [-0.39, 0.29) is 11.6 Å². The van der Waals surface area contributed by atoms with Gasteiger partial charge in [0.25, 0.3) is 0 Å². The largest absolute Gasteiger partial charge is 0.380 e. The first-order valence-corrected chi connectivity index (χ1v) is 7.13. The van der Waals surface area contributed by atoms with E-state index >= 15 is 0 Å². The second kappa shape index (κ2) is 7.34. The minimum Gasteiger partial charge on any atom is -0.380 e. The number of nitrogens with two attached hydrogens (primary N) is 1. The number of nitrogens with one attached hydrogen (secondary N) is 1. The van der Waals surface area contributed by atoms with Gasteiger partial charge in [0.15, 0.2) is 0 Å². The summed E-state index contributed by atoms with van der Waals surface area (Å²) in [6.07, 6.45) is 8.09. The Kier molecular flexibility index (Phi) is 6.45. The molecule has 0 radical (unpaired) electrons. The van der Waals surface area contributed by atoms with Crippen LogP contribution in [-0.4, -0.2) is 31.8 Å². The summed E-state index contributed by atoms with van der Waals surface area (Å²) in [5, 5.41) is 3.65. The van der Waals surface area contributed by atoms with Gasteiger partial charge in [-0.25, -0.2) is 0 Å². The van der Waals surface area contributed by atoms with Crippen LogP contribution >= 0.6 is 0 Å². The van der Waals surface area contributed by atoms with E-state index in [9.17, 15) is 0 Å². The Balaban J connectivity index is 2.38. The number of methoxy groups -OCH3 is 1. The average Bonchev–Trinajstić information content (AvgIpc) is 2.38. The second-order valence-electron chi connectivity index (χ2n) is 5.64. The molecule has 0 aliphatic heterocycles. The molecule has 102 valence electrons. The zero-order chi connectivity index (χ0) is 12.7. The molecule has 1 atom stereocenters. The summed E-state index contributed by atoms with van der Waals surface area (Å²) in [6.45, 7) is 6.04. The molecule has 1 aliphatic carbocycles. The molecular weight excluding hydrogens is 212 g/mol. The molecule has 3 nitrogen and oxygen atoms in total. The van der Waals surface area contributed by atoms with Crippen LogP contribution < -0.4 is 11.1 Å². The fourth-order valence-corrected chi connectivity index (χ4v) is 2.82. The monoisotopic (exact) mass is 242 g/mol.